The Bertz CT molecular complexity index is 694. The number of nitrogens with zero attached hydrogens (tertiary/aromatic N) is 4. The Morgan fingerprint density at radius 3 is 2.90 bits per heavy atom. The number of anilines is 3. The molecule has 1 N–H and O–H groups in total. The number of amides is 1. The van der Waals surface area contributed by atoms with Gasteiger partial charge in [-0.15, -0.1) is 0 Å². The number of hydrogen-bond donors (Lipinski definition) is 1. The fourth-order valence-corrected chi connectivity index (χ4v) is 2.41. The average Bonchev–Trinajstić information content (AvgIpc) is 2.90. The molecule has 0 spiro atoms. The third-order valence-corrected chi connectivity index (χ3v) is 3.54. The summed E-state index contributed by atoms with van der Waals surface area (Å²) in [5.74, 6) is 0.993. The maximum atomic E-state index is 11.9. The lowest BCUT2D eigenvalue weighted by atomic mass is 10.3. The van der Waals surface area contributed by atoms with Gasteiger partial charge in [-0.1, -0.05) is 11.6 Å². The summed E-state index contributed by atoms with van der Waals surface area (Å²) in [5.41, 5.74) is 0.643. The Labute approximate surface area is 131 Å². The summed E-state index contributed by atoms with van der Waals surface area (Å²) < 4.78 is 0. The fraction of sp³-hybridized carbons (Fsp3) is 0.231. The van der Waals surface area contributed by atoms with Crippen LogP contribution in [0.3, 0.4) is 0 Å². The van der Waals surface area contributed by atoms with E-state index in [4.69, 9.17) is 23.2 Å². The summed E-state index contributed by atoms with van der Waals surface area (Å²) in [6.45, 7) is 0.656. The van der Waals surface area contributed by atoms with Crippen LogP contribution in [0.15, 0.2) is 24.5 Å². The number of hydrogen-bond acceptors (Lipinski definition) is 5. The van der Waals surface area contributed by atoms with Gasteiger partial charge in [-0.05, 0) is 30.2 Å². The van der Waals surface area contributed by atoms with E-state index < -0.39 is 0 Å². The highest BCUT2D eigenvalue weighted by Crippen LogP contribution is 2.31. The van der Waals surface area contributed by atoms with E-state index in [1.165, 1.54) is 6.20 Å². The molecule has 1 aliphatic heterocycles. The summed E-state index contributed by atoms with van der Waals surface area (Å²) in [6, 6.07) is 3.57. The molecule has 0 aliphatic carbocycles. The van der Waals surface area contributed by atoms with Gasteiger partial charge in [0.2, 0.25) is 11.2 Å². The molecule has 0 radical (unpaired) electrons. The van der Waals surface area contributed by atoms with Gasteiger partial charge >= 0.3 is 0 Å². The molecule has 0 bridgehead atoms. The van der Waals surface area contributed by atoms with Crippen LogP contribution in [0.5, 0.6) is 0 Å². The first-order chi connectivity index (χ1) is 10.1. The number of carbonyl (C=O) groups excluding carboxylic acids is 1. The molecule has 0 aromatic carbocycles. The van der Waals surface area contributed by atoms with Gasteiger partial charge in [-0.2, -0.15) is 4.98 Å². The molecule has 0 atom stereocenters. The van der Waals surface area contributed by atoms with Crippen LogP contribution in [0.4, 0.5) is 17.3 Å². The highest BCUT2D eigenvalue weighted by atomic mass is 35.5. The number of aromatic nitrogens is 3. The van der Waals surface area contributed by atoms with Gasteiger partial charge in [0.15, 0.2) is 11.6 Å². The second-order valence-corrected chi connectivity index (χ2v) is 5.23. The number of rotatable bonds is 3. The van der Waals surface area contributed by atoms with Gasteiger partial charge in [0.05, 0.1) is 11.9 Å². The van der Waals surface area contributed by atoms with Crippen molar-refractivity contribution in [2.75, 3.05) is 16.8 Å². The van der Waals surface area contributed by atoms with E-state index in [0.29, 0.717) is 35.3 Å². The molecule has 0 unspecified atom stereocenters. The fourth-order valence-electron chi connectivity index (χ4n) is 2.14. The van der Waals surface area contributed by atoms with Gasteiger partial charge in [-0.3, -0.25) is 9.69 Å². The van der Waals surface area contributed by atoms with Crippen molar-refractivity contribution < 1.29 is 4.79 Å². The molecular weight excluding hydrogens is 313 g/mol. The molecule has 21 heavy (non-hydrogen) atoms. The number of pyridine rings is 1. The molecule has 1 fully saturated rings. The molecule has 0 saturated carbocycles. The van der Waals surface area contributed by atoms with Crippen molar-refractivity contribution in [3.8, 4) is 0 Å². The minimum absolute atomic E-state index is 0.0589. The van der Waals surface area contributed by atoms with E-state index in [9.17, 15) is 4.79 Å². The van der Waals surface area contributed by atoms with Crippen molar-refractivity contribution in [1.82, 2.24) is 15.0 Å². The van der Waals surface area contributed by atoms with Crippen molar-refractivity contribution in [3.05, 3.63) is 34.8 Å². The van der Waals surface area contributed by atoms with Gasteiger partial charge in [0.25, 0.3) is 0 Å². The Kier molecular flexibility index (Phi) is 3.90. The van der Waals surface area contributed by atoms with Crippen LogP contribution >= 0.6 is 23.2 Å². The van der Waals surface area contributed by atoms with Crippen molar-refractivity contribution in [2.45, 2.75) is 12.8 Å². The van der Waals surface area contributed by atoms with Crippen molar-refractivity contribution in [2.24, 2.45) is 0 Å². The van der Waals surface area contributed by atoms with Crippen LogP contribution < -0.4 is 10.2 Å². The molecule has 3 heterocycles. The first-order valence-corrected chi connectivity index (χ1v) is 7.11. The minimum atomic E-state index is 0.0589. The molecule has 1 aliphatic rings. The summed E-state index contributed by atoms with van der Waals surface area (Å²) in [4.78, 5) is 25.7. The molecule has 8 heteroatoms. The number of nitrogens with one attached hydrogen (secondary N) is 1. The molecule has 2 aromatic rings. The zero-order valence-electron chi connectivity index (χ0n) is 10.9. The van der Waals surface area contributed by atoms with Crippen molar-refractivity contribution in [1.29, 1.82) is 0 Å². The molecule has 2 aromatic heterocycles. The standard InChI is InChI=1S/C13H11Cl2N5O/c14-8-7-17-13(15)19-11(8)18-9-3-1-5-16-12(9)20-6-2-4-10(20)21/h1,3,5,7H,2,4,6H2,(H,17,18,19). The summed E-state index contributed by atoms with van der Waals surface area (Å²) in [6.07, 6.45) is 4.42. The lowest BCUT2D eigenvalue weighted by Crippen LogP contribution is -2.25. The summed E-state index contributed by atoms with van der Waals surface area (Å²) >= 11 is 11.8. The van der Waals surface area contributed by atoms with E-state index >= 15 is 0 Å². The van der Waals surface area contributed by atoms with Crippen LogP contribution in [-0.4, -0.2) is 27.4 Å². The smallest absolute Gasteiger partial charge is 0.228 e. The van der Waals surface area contributed by atoms with Crippen LogP contribution in [-0.2, 0) is 4.79 Å². The molecule has 3 rings (SSSR count). The Hall–Kier alpha value is -1.92. The monoisotopic (exact) mass is 323 g/mol. The normalized spacial score (nSPS) is 14.6. The SMILES string of the molecule is O=C1CCCN1c1ncccc1Nc1nc(Cl)ncc1Cl. The van der Waals surface area contributed by atoms with Crippen LogP contribution in [0.2, 0.25) is 10.3 Å². The lowest BCUT2D eigenvalue weighted by molar-refractivity contribution is -0.117. The highest BCUT2D eigenvalue weighted by molar-refractivity contribution is 6.33. The van der Waals surface area contributed by atoms with Gasteiger partial charge in [0, 0.05) is 19.2 Å². The third-order valence-electron chi connectivity index (χ3n) is 3.08. The first kappa shape index (κ1) is 14.0. The predicted octanol–water partition coefficient (Wildman–Crippen LogP) is 3.05. The number of carbonyl (C=O) groups is 1. The third kappa shape index (κ3) is 2.91. The minimum Gasteiger partial charge on any atom is -0.336 e. The van der Waals surface area contributed by atoms with E-state index in [1.807, 2.05) is 0 Å². The average molecular weight is 324 g/mol. The second kappa shape index (κ2) is 5.83. The van der Waals surface area contributed by atoms with Crippen molar-refractivity contribution in [3.63, 3.8) is 0 Å². The summed E-state index contributed by atoms with van der Waals surface area (Å²) in [7, 11) is 0. The zero-order chi connectivity index (χ0) is 14.8. The first-order valence-electron chi connectivity index (χ1n) is 6.35. The quantitative estimate of drug-likeness (QED) is 0.879. The molecule has 1 saturated heterocycles. The van der Waals surface area contributed by atoms with Crippen LogP contribution in [0.1, 0.15) is 12.8 Å². The van der Waals surface area contributed by atoms with Crippen molar-refractivity contribution >= 4 is 46.4 Å². The van der Waals surface area contributed by atoms with Gasteiger partial charge in [0.1, 0.15) is 5.02 Å². The Balaban J connectivity index is 1.96. The Morgan fingerprint density at radius 1 is 1.29 bits per heavy atom. The maximum Gasteiger partial charge on any atom is 0.228 e. The maximum absolute atomic E-state index is 11.9. The summed E-state index contributed by atoms with van der Waals surface area (Å²) in [5, 5.41) is 3.48. The topological polar surface area (TPSA) is 71.0 Å². The Morgan fingerprint density at radius 2 is 2.14 bits per heavy atom. The van der Waals surface area contributed by atoms with Crippen LogP contribution in [0.25, 0.3) is 0 Å². The van der Waals surface area contributed by atoms with E-state index in [0.717, 1.165) is 6.42 Å². The largest absolute Gasteiger partial charge is 0.336 e. The molecule has 1 amide bonds. The van der Waals surface area contributed by atoms with Gasteiger partial charge < -0.3 is 5.32 Å². The van der Waals surface area contributed by atoms with E-state index in [1.54, 1.807) is 23.2 Å². The lowest BCUT2D eigenvalue weighted by Gasteiger charge is -2.18. The number of halogens is 2. The molecule has 108 valence electrons. The van der Waals surface area contributed by atoms with Crippen LogP contribution in [0, 0.1) is 0 Å². The highest BCUT2D eigenvalue weighted by Gasteiger charge is 2.25. The second-order valence-electron chi connectivity index (χ2n) is 4.48. The predicted molar refractivity (Wildman–Crippen MR) is 81.2 cm³/mol. The molecular formula is C13H11Cl2N5O. The van der Waals surface area contributed by atoms with E-state index in [2.05, 4.69) is 20.3 Å². The zero-order valence-corrected chi connectivity index (χ0v) is 12.4. The van der Waals surface area contributed by atoms with E-state index in [-0.39, 0.29) is 11.2 Å². The molecule has 6 nitrogen and oxygen atoms in total. The van der Waals surface area contributed by atoms with Gasteiger partial charge in [-0.25, -0.2) is 9.97 Å².